The van der Waals surface area contributed by atoms with Crippen molar-refractivity contribution in [3.8, 4) is 0 Å². The first-order chi connectivity index (χ1) is 1.00. The summed E-state index contributed by atoms with van der Waals surface area (Å²) >= 11 is 0. The Kier molecular flexibility index (Phi) is 189. The minimum Gasteiger partial charge on any atom is -0.344 e. The van der Waals surface area contributed by atoms with Crippen LogP contribution in [0.5, 0.6) is 0 Å². The zero-order chi connectivity index (χ0) is 2.00. The molecule has 6 heteroatoms. The largest absolute Gasteiger partial charge is 0.344 e. The van der Waals surface area contributed by atoms with E-state index in [0.717, 1.165) is 0 Å². The van der Waals surface area contributed by atoms with Gasteiger partial charge in [0.15, 0.2) is 0 Å². The molecule has 0 radical (unpaired) electrons. The fourth-order valence-electron chi connectivity index (χ4n) is 0. The molecule has 0 spiro atoms. The van der Waals surface area contributed by atoms with Gasteiger partial charge in [-0.2, -0.15) is 0 Å². The van der Waals surface area contributed by atoms with E-state index in [2.05, 4.69) is 0 Å². The third-order valence-corrected chi connectivity index (χ3v) is 0. The van der Waals surface area contributed by atoms with Crippen LogP contribution in [-0.4, -0.2) is 7.18 Å². The molecule has 0 aromatic rings. The molecule has 0 atom stereocenters. The van der Waals surface area contributed by atoms with E-state index < -0.39 is 0 Å². The third kappa shape index (κ3) is 22.2. The van der Waals surface area contributed by atoms with Crippen LogP contribution in [0, 0.1) is 0 Å². The normalized spacial score (nSPS) is 0.429. The van der Waals surface area contributed by atoms with Crippen LogP contribution >= 0.6 is 0 Å². The molecule has 0 fully saturated rings. The maximum atomic E-state index is 9.50. The van der Waals surface area contributed by atoms with Gasteiger partial charge in [0, 0.05) is 0 Å². The molecule has 0 aliphatic rings. The monoisotopic (exact) mass is 1200 g/mol. The van der Waals surface area contributed by atoms with E-state index in [0.29, 0.717) is 7.18 Å². The van der Waals surface area contributed by atoms with Crippen LogP contribution in [0.25, 0.3) is 0 Å². The second kappa shape index (κ2) is 32.8. The van der Waals surface area contributed by atoms with Crippen LogP contribution in [0.15, 0.2) is 0 Å². The van der Waals surface area contributed by atoms with Gasteiger partial charge in [-0.15, -0.1) is 0 Å². The maximum absolute atomic E-state index is 9.50. The summed E-state index contributed by atoms with van der Waals surface area (Å²) in [7, 11) is 0.500. The number of hydrogen-bond donors (Lipinski definition) is 1. The van der Waals surface area contributed by atoms with Gasteiger partial charge in [0.05, 0.1) is 7.18 Å². The summed E-state index contributed by atoms with van der Waals surface area (Å²) in [6.07, 6.45) is 0. The second-order valence-corrected chi connectivity index (χ2v) is 0. The molecule has 14 heavy (non-hydrogen) atoms. The van der Waals surface area contributed by atoms with Gasteiger partial charge in [0.1, 0.15) is 0 Å². The molecule has 134 valence electrons. The van der Waals surface area contributed by atoms with Crippen LogP contribution in [-0.2, 0) is 0 Å². The van der Waals surface area contributed by atoms with Gasteiger partial charge in [-0.1, -0.05) is 52.0 Å². The molecule has 0 bridgehead atoms. The van der Waals surface area contributed by atoms with Crippen molar-refractivity contribution in [2.75, 3.05) is 7.18 Å². The van der Waals surface area contributed by atoms with Gasteiger partial charge < -0.3 is 6.15 Å². The van der Waals surface area contributed by atoms with Gasteiger partial charge in [-0.3, -0.25) is 4.39 Å². The second-order valence-electron chi connectivity index (χ2n) is 0. The Morgan fingerprint density at radius 2 is 0.429 bits per heavy atom. The molecule has 3 N–H and O–H groups in total. The number of alkyl halides is 1. The fourth-order valence-corrected chi connectivity index (χ4v) is 0. The van der Waals surface area contributed by atoms with Crippen molar-refractivity contribution in [2.24, 2.45) is 0 Å². The third-order valence-electron chi connectivity index (χ3n) is 0. The summed E-state index contributed by atoms with van der Waals surface area (Å²) in [6, 6.07) is 0. The van der Waals surface area contributed by atoms with E-state index in [9.17, 15) is 4.39 Å². The molecular weight excluding hydrogens is 1170 g/mol. The van der Waals surface area contributed by atoms with Gasteiger partial charge in [-0.05, 0) is 0 Å². The summed E-state index contributed by atoms with van der Waals surface area (Å²) in [4.78, 5) is 0. The fraction of sp³-hybridized carbons (Fsp3) is 1.00. The summed E-state index contributed by atoms with van der Waals surface area (Å²) in [5, 5.41) is 0. The smallest absolute Gasteiger partial charge is 0.0785 e. The van der Waals surface area contributed by atoms with Crippen molar-refractivity contribution in [1.29, 1.82) is 0 Å². The van der Waals surface area contributed by atoms with Crippen molar-refractivity contribution in [2.45, 2.75) is 52.0 Å². The van der Waals surface area contributed by atoms with Crippen molar-refractivity contribution < 1.29 is 4.39 Å². The topological polar surface area (TPSA) is 35.0 Å². The summed E-state index contributed by atoms with van der Waals surface area (Å²) in [5.74, 6) is 0. The molecule has 0 heterocycles. The molecule has 0 aromatic carbocycles. The average Bonchev–Trinajstić information content (AvgIpc) is 1.00. The Hall–Kier alpha value is -4.11. The van der Waals surface area contributed by atoms with Gasteiger partial charge in [0.2, 0.25) is 0 Å². The summed E-state index contributed by atoms with van der Waals surface area (Å²) in [6.45, 7) is 0. The van der Waals surface area contributed by atoms with Crippen molar-refractivity contribution in [3.63, 3.8) is 0 Å². The number of hydrogen-bond acceptors (Lipinski definition) is 1. The zero-order valence-corrected chi connectivity index (χ0v) is 12.1. The molecule has 0 unspecified atom stereocenters. The summed E-state index contributed by atoms with van der Waals surface area (Å²) in [5.41, 5.74) is 0. The van der Waals surface area contributed by atoms with Crippen LogP contribution in [0.4, 0.5) is 4.39 Å². The van der Waals surface area contributed by atoms with Crippen LogP contribution in [0.1, 0.15) is 52.0 Å². The molecule has 0 aromatic heterocycles. The molecule has 1 nitrogen and oxygen atoms in total. The standard InChI is InChI=1S/CH3F.7CH4.H3N.4No/c1-2;;;;;;;;;;;;/h1H3;7*1H4;1H3;;;;. The number of halogens is 1. The van der Waals surface area contributed by atoms with Crippen LogP contribution in [0.3, 0.4) is 0 Å². The van der Waals surface area contributed by atoms with Crippen LogP contribution < -0.4 is 6.15 Å². The van der Waals surface area contributed by atoms with E-state index in [4.69, 9.17) is 0 Å². The van der Waals surface area contributed by atoms with Crippen LogP contribution in [0.2, 0.25) is 0 Å². The average molecular weight is 1200 g/mol. The van der Waals surface area contributed by atoms with Gasteiger partial charge in [0.25, 0.3) is 0 Å². The minimum absolute atomic E-state index is 0. The predicted molar refractivity (Wildman–Crippen MR) is 59.2 cm³/mol. The molecule has 0 aliphatic heterocycles. The molecule has 0 saturated carbocycles. The molecule has 0 saturated heterocycles. The first kappa shape index (κ1) is 80.8. The van der Waals surface area contributed by atoms with Crippen molar-refractivity contribution in [3.05, 3.63) is 0 Å². The molecule has 0 amide bonds. The Morgan fingerprint density at radius 3 is 0.429 bits per heavy atom. The Morgan fingerprint density at radius 1 is 0.429 bits per heavy atom. The molecular formula is C8H34FNNo4. The molecule has 0 rings (SSSR count). The van der Waals surface area contributed by atoms with Crippen molar-refractivity contribution in [1.82, 2.24) is 6.15 Å². The van der Waals surface area contributed by atoms with E-state index in [-0.39, 0.29) is 58.1 Å². The zero-order valence-electron chi connectivity index (χ0n) is 3.15. The SMILES string of the molecule is C.C.C.C.C.C.C.CF.N.[No].[No].[No].[No]. The van der Waals surface area contributed by atoms with Crippen molar-refractivity contribution >= 4 is 0 Å². The molecule has 0 aliphatic carbocycles. The summed E-state index contributed by atoms with van der Waals surface area (Å²) < 4.78 is 9.50. The Bertz CT molecular complexity index is 21.3. The van der Waals surface area contributed by atoms with Gasteiger partial charge in [-0.25, -0.2) is 0 Å². The minimum atomic E-state index is 0. The van der Waals surface area contributed by atoms with E-state index in [1.54, 1.807) is 0 Å². The Labute approximate surface area is 70.6 Å². The quantitative estimate of drug-likeness (QED) is 0.357. The van der Waals surface area contributed by atoms with E-state index in [1.165, 1.54) is 0 Å². The van der Waals surface area contributed by atoms with Gasteiger partial charge >= 0.3 is 0 Å². The maximum Gasteiger partial charge on any atom is 0.0785 e. The first-order valence-corrected chi connectivity index (χ1v) is 0.378. The Balaban J connectivity index is -0.0000000000758. The predicted octanol–water partition coefficient (Wildman–Crippen LogP) is 5.20. The number of rotatable bonds is 0. The first-order valence-electron chi connectivity index (χ1n) is 0.378. The van der Waals surface area contributed by atoms with E-state index in [1.807, 2.05) is 0 Å². The van der Waals surface area contributed by atoms with E-state index >= 15 is 0 Å².